The lowest BCUT2D eigenvalue weighted by Gasteiger charge is -2.34. The Hall–Kier alpha value is -0.950. The lowest BCUT2D eigenvalue weighted by atomic mass is 10.2. The molecule has 0 saturated carbocycles. The van der Waals surface area contributed by atoms with Crippen molar-refractivity contribution in [3.05, 3.63) is 22.4 Å². The average Bonchev–Trinajstić information content (AvgIpc) is 3.00. The van der Waals surface area contributed by atoms with Crippen LogP contribution in [0.1, 0.15) is 24.8 Å². The molecule has 1 aromatic rings. The summed E-state index contributed by atoms with van der Waals surface area (Å²) < 4.78 is 5.42. The summed E-state index contributed by atoms with van der Waals surface area (Å²) in [7, 11) is 0. The summed E-state index contributed by atoms with van der Waals surface area (Å²) >= 11 is 1.75. The van der Waals surface area contributed by atoms with Crippen LogP contribution in [0.25, 0.3) is 0 Å². The lowest BCUT2D eigenvalue weighted by molar-refractivity contribution is -0.120. The second-order valence-electron chi connectivity index (χ2n) is 5.52. The molecule has 5 nitrogen and oxygen atoms in total. The van der Waals surface area contributed by atoms with Gasteiger partial charge in [-0.1, -0.05) is 19.9 Å². The van der Waals surface area contributed by atoms with Gasteiger partial charge in [-0.15, -0.1) is 11.3 Å². The zero-order chi connectivity index (χ0) is 15.1. The topological polar surface area (TPSA) is 53.6 Å². The van der Waals surface area contributed by atoms with Crippen molar-refractivity contribution in [3.8, 4) is 0 Å². The molecule has 21 heavy (non-hydrogen) atoms. The number of nitrogens with one attached hydrogen (secondary N) is 2. The molecule has 1 unspecified atom stereocenters. The van der Waals surface area contributed by atoms with Crippen LogP contribution in [-0.2, 0) is 9.53 Å². The van der Waals surface area contributed by atoms with Gasteiger partial charge < -0.3 is 15.4 Å². The average molecular weight is 311 g/mol. The Morgan fingerprint density at radius 2 is 2.19 bits per heavy atom. The molecular formula is C15H25N3O2S. The van der Waals surface area contributed by atoms with Crippen LogP contribution in [-0.4, -0.2) is 56.2 Å². The van der Waals surface area contributed by atoms with E-state index in [1.807, 2.05) is 13.8 Å². The van der Waals surface area contributed by atoms with Gasteiger partial charge in [0.1, 0.15) is 0 Å². The maximum Gasteiger partial charge on any atom is 0.234 e. The van der Waals surface area contributed by atoms with Crippen molar-refractivity contribution in [2.24, 2.45) is 0 Å². The first kappa shape index (κ1) is 16.4. The highest BCUT2D eigenvalue weighted by Crippen LogP contribution is 2.25. The second kappa shape index (κ2) is 8.48. The second-order valence-corrected chi connectivity index (χ2v) is 6.50. The number of hydrogen-bond acceptors (Lipinski definition) is 5. The predicted molar refractivity (Wildman–Crippen MR) is 85.6 cm³/mol. The molecule has 0 bridgehead atoms. The van der Waals surface area contributed by atoms with Gasteiger partial charge in [-0.05, 0) is 11.4 Å². The van der Waals surface area contributed by atoms with Crippen molar-refractivity contribution in [2.75, 3.05) is 39.4 Å². The Bertz CT molecular complexity index is 417. The maximum absolute atomic E-state index is 11.9. The Morgan fingerprint density at radius 1 is 1.43 bits per heavy atom. The zero-order valence-corrected chi connectivity index (χ0v) is 13.6. The molecule has 1 saturated heterocycles. The molecular weight excluding hydrogens is 286 g/mol. The molecule has 1 fully saturated rings. The number of hydrogen-bond donors (Lipinski definition) is 2. The van der Waals surface area contributed by atoms with Gasteiger partial charge in [0.2, 0.25) is 5.91 Å². The minimum atomic E-state index is 0.0542. The third-order valence-corrected chi connectivity index (χ3v) is 4.50. The fraction of sp³-hybridized carbons (Fsp3) is 0.667. The Kier molecular flexibility index (Phi) is 6.63. The van der Waals surface area contributed by atoms with Crippen molar-refractivity contribution in [1.29, 1.82) is 0 Å². The van der Waals surface area contributed by atoms with Crippen LogP contribution in [0.3, 0.4) is 0 Å². The molecule has 118 valence electrons. The third-order valence-electron chi connectivity index (χ3n) is 3.52. The molecule has 1 aliphatic heterocycles. The summed E-state index contributed by atoms with van der Waals surface area (Å²) in [6.07, 6.45) is 0. The van der Waals surface area contributed by atoms with Gasteiger partial charge in [0.05, 0.1) is 25.8 Å². The monoisotopic (exact) mass is 311 g/mol. The number of morpholine rings is 1. The van der Waals surface area contributed by atoms with Crippen LogP contribution in [0, 0.1) is 0 Å². The molecule has 2 rings (SSSR count). The smallest absolute Gasteiger partial charge is 0.234 e. The van der Waals surface area contributed by atoms with Crippen LogP contribution in [0.15, 0.2) is 17.5 Å². The van der Waals surface area contributed by atoms with E-state index in [1.54, 1.807) is 11.3 Å². The van der Waals surface area contributed by atoms with Crippen molar-refractivity contribution in [3.63, 3.8) is 0 Å². The minimum Gasteiger partial charge on any atom is -0.379 e. The summed E-state index contributed by atoms with van der Waals surface area (Å²) in [5.74, 6) is 0.0542. The zero-order valence-electron chi connectivity index (χ0n) is 12.8. The number of nitrogens with zero attached hydrogens (tertiary/aromatic N) is 1. The molecule has 1 aliphatic rings. The molecule has 6 heteroatoms. The van der Waals surface area contributed by atoms with Gasteiger partial charge >= 0.3 is 0 Å². The predicted octanol–water partition coefficient (Wildman–Crippen LogP) is 1.24. The van der Waals surface area contributed by atoms with Gasteiger partial charge in [0.15, 0.2) is 0 Å². The summed E-state index contributed by atoms with van der Waals surface area (Å²) in [6, 6.07) is 4.78. The molecule has 1 aromatic heterocycles. The SMILES string of the molecule is CC(C)NCC(=O)NCC(c1cccs1)N1CCOCC1. The number of ether oxygens (including phenoxy) is 1. The van der Waals surface area contributed by atoms with Crippen molar-refractivity contribution in [2.45, 2.75) is 25.9 Å². The molecule has 1 amide bonds. The van der Waals surface area contributed by atoms with Gasteiger partial charge in [-0.25, -0.2) is 0 Å². The summed E-state index contributed by atoms with van der Waals surface area (Å²) in [5, 5.41) is 8.27. The van der Waals surface area contributed by atoms with Crippen LogP contribution < -0.4 is 10.6 Å². The van der Waals surface area contributed by atoms with Crippen molar-refractivity contribution < 1.29 is 9.53 Å². The summed E-state index contributed by atoms with van der Waals surface area (Å²) in [6.45, 7) is 8.48. The van der Waals surface area contributed by atoms with E-state index in [4.69, 9.17) is 4.74 Å². The molecule has 2 N–H and O–H groups in total. The Balaban J connectivity index is 1.88. The van der Waals surface area contributed by atoms with Gasteiger partial charge in [0, 0.05) is 30.6 Å². The van der Waals surface area contributed by atoms with E-state index in [1.165, 1.54) is 4.88 Å². The van der Waals surface area contributed by atoms with E-state index in [-0.39, 0.29) is 11.9 Å². The van der Waals surface area contributed by atoms with Gasteiger partial charge in [-0.3, -0.25) is 9.69 Å². The van der Waals surface area contributed by atoms with Crippen molar-refractivity contribution in [1.82, 2.24) is 15.5 Å². The van der Waals surface area contributed by atoms with Crippen LogP contribution in [0.5, 0.6) is 0 Å². The van der Waals surface area contributed by atoms with Crippen LogP contribution in [0.4, 0.5) is 0 Å². The molecule has 2 heterocycles. The fourth-order valence-electron chi connectivity index (χ4n) is 2.35. The van der Waals surface area contributed by atoms with Crippen LogP contribution in [0.2, 0.25) is 0 Å². The number of carbonyl (C=O) groups excluding carboxylic acids is 1. The standard InChI is InChI=1S/C15H25N3O2S/c1-12(2)16-11-15(19)17-10-13(14-4-3-9-21-14)18-5-7-20-8-6-18/h3-4,9,12-13,16H,5-8,10-11H2,1-2H3,(H,17,19). The van der Waals surface area contributed by atoms with E-state index in [0.717, 1.165) is 26.3 Å². The lowest BCUT2D eigenvalue weighted by Crippen LogP contribution is -2.45. The Morgan fingerprint density at radius 3 is 2.81 bits per heavy atom. The Labute approximate surface area is 130 Å². The largest absolute Gasteiger partial charge is 0.379 e. The van der Waals surface area contributed by atoms with Gasteiger partial charge in [0.25, 0.3) is 0 Å². The van der Waals surface area contributed by atoms with E-state index in [2.05, 4.69) is 33.0 Å². The number of thiophene rings is 1. The van der Waals surface area contributed by atoms with Gasteiger partial charge in [-0.2, -0.15) is 0 Å². The summed E-state index contributed by atoms with van der Waals surface area (Å²) in [4.78, 5) is 15.6. The number of carbonyl (C=O) groups is 1. The third kappa shape index (κ3) is 5.39. The molecule has 0 radical (unpaired) electrons. The highest BCUT2D eigenvalue weighted by molar-refractivity contribution is 7.10. The van der Waals surface area contributed by atoms with E-state index < -0.39 is 0 Å². The highest BCUT2D eigenvalue weighted by Gasteiger charge is 2.23. The molecule has 0 aromatic carbocycles. The first-order valence-corrected chi connectivity index (χ1v) is 8.40. The van der Waals surface area contributed by atoms with E-state index >= 15 is 0 Å². The minimum absolute atomic E-state index is 0.0542. The quantitative estimate of drug-likeness (QED) is 0.795. The highest BCUT2D eigenvalue weighted by atomic mass is 32.1. The normalized spacial score (nSPS) is 17.9. The number of rotatable bonds is 7. The molecule has 1 atom stereocenters. The fourth-order valence-corrected chi connectivity index (χ4v) is 3.21. The number of amides is 1. The first-order valence-electron chi connectivity index (χ1n) is 7.52. The van der Waals surface area contributed by atoms with Crippen LogP contribution >= 0.6 is 11.3 Å². The first-order chi connectivity index (χ1) is 10.2. The maximum atomic E-state index is 11.9. The van der Waals surface area contributed by atoms with E-state index in [0.29, 0.717) is 19.1 Å². The van der Waals surface area contributed by atoms with Crippen molar-refractivity contribution >= 4 is 17.2 Å². The van der Waals surface area contributed by atoms with E-state index in [9.17, 15) is 4.79 Å². The molecule has 0 spiro atoms. The molecule has 0 aliphatic carbocycles. The summed E-state index contributed by atoms with van der Waals surface area (Å²) in [5.41, 5.74) is 0.